The maximum atomic E-state index is 13.1. The van der Waals surface area contributed by atoms with Crippen LogP contribution >= 0.6 is 15.9 Å². The number of nitrogens with zero attached hydrogens (tertiary/aromatic N) is 1. The molecule has 2 aromatic carbocycles. The second kappa shape index (κ2) is 9.28. The fourth-order valence-corrected chi connectivity index (χ4v) is 4.68. The molecule has 0 radical (unpaired) electrons. The Morgan fingerprint density at radius 3 is 2.77 bits per heavy atom. The third kappa shape index (κ3) is 4.27. The SMILES string of the molecule is CCOC(CC)OC(=O)N[C@@H]1CCC(=O)N2c3c(Br)cccc3Oc3ccccc3[C@H]12. The molecule has 4 rings (SSSR count). The highest BCUT2D eigenvalue weighted by Crippen LogP contribution is 2.50. The lowest BCUT2D eigenvalue weighted by Crippen LogP contribution is -2.52. The molecular formula is C23H25BrN2O5. The van der Waals surface area contributed by atoms with Crippen molar-refractivity contribution < 1.29 is 23.8 Å². The Morgan fingerprint density at radius 1 is 1.23 bits per heavy atom. The summed E-state index contributed by atoms with van der Waals surface area (Å²) in [6, 6.07) is 12.4. The molecule has 0 aromatic heterocycles. The molecule has 2 heterocycles. The third-order valence-corrected chi connectivity index (χ3v) is 6.11. The number of hydrogen-bond acceptors (Lipinski definition) is 5. The van der Waals surface area contributed by atoms with Crippen LogP contribution in [0.3, 0.4) is 0 Å². The van der Waals surface area contributed by atoms with Gasteiger partial charge in [-0.2, -0.15) is 0 Å². The first-order valence-electron chi connectivity index (χ1n) is 10.5. The minimum atomic E-state index is -0.606. The molecule has 1 fully saturated rings. The smallest absolute Gasteiger partial charge is 0.409 e. The zero-order chi connectivity index (χ0) is 22.0. The van der Waals surface area contributed by atoms with Crippen LogP contribution < -0.4 is 15.0 Å². The minimum absolute atomic E-state index is 0.0226. The monoisotopic (exact) mass is 488 g/mol. The molecule has 1 unspecified atom stereocenters. The number of anilines is 1. The van der Waals surface area contributed by atoms with E-state index in [4.69, 9.17) is 14.2 Å². The Hall–Kier alpha value is -2.58. The Kier molecular flexibility index (Phi) is 6.48. The number of para-hydroxylation sites is 2. The molecule has 0 aliphatic carbocycles. The second-order valence-electron chi connectivity index (χ2n) is 7.42. The molecule has 7 nitrogen and oxygen atoms in total. The van der Waals surface area contributed by atoms with E-state index in [0.717, 1.165) is 10.0 Å². The lowest BCUT2D eigenvalue weighted by atomic mass is 9.89. The molecule has 0 bridgehead atoms. The van der Waals surface area contributed by atoms with Crippen molar-refractivity contribution in [3.05, 3.63) is 52.5 Å². The van der Waals surface area contributed by atoms with Crippen molar-refractivity contribution in [2.75, 3.05) is 11.5 Å². The number of benzene rings is 2. The molecule has 1 saturated heterocycles. The van der Waals surface area contributed by atoms with Gasteiger partial charge in [0.05, 0.1) is 12.1 Å². The molecule has 2 amide bonds. The minimum Gasteiger partial charge on any atom is -0.455 e. The first-order valence-corrected chi connectivity index (χ1v) is 11.3. The number of fused-ring (bicyclic) bond motifs is 5. The number of rotatable bonds is 5. The molecule has 2 aromatic rings. The fraction of sp³-hybridized carbons (Fsp3) is 0.391. The second-order valence-corrected chi connectivity index (χ2v) is 8.28. The average Bonchev–Trinajstić information content (AvgIpc) is 2.91. The first kappa shape index (κ1) is 21.6. The van der Waals surface area contributed by atoms with Crippen molar-refractivity contribution in [3.8, 4) is 11.5 Å². The standard InChI is InChI=1S/C23H25BrN2O5/c1-3-20(29-4-2)31-23(28)25-16-12-13-19(27)26-21(16)14-8-5-6-10-17(14)30-18-11-7-9-15(24)22(18)26/h5-11,16,20-21H,3-4,12-13H2,1-2H3,(H,25,28)/t16-,20?,21-/m1/s1. The summed E-state index contributed by atoms with van der Waals surface area (Å²) in [6.45, 7) is 4.20. The molecule has 8 heteroatoms. The molecule has 164 valence electrons. The van der Waals surface area contributed by atoms with Crippen molar-refractivity contribution in [2.24, 2.45) is 0 Å². The number of halogens is 1. The van der Waals surface area contributed by atoms with E-state index in [2.05, 4.69) is 21.2 Å². The summed E-state index contributed by atoms with van der Waals surface area (Å²) in [5.41, 5.74) is 1.50. The van der Waals surface area contributed by atoms with E-state index in [0.29, 0.717) is 43.1 Å². The molecule has 1 N–H and O–H groups in total. The Morgan fingerprint density at radius 2 is 2.00 bits per heavy atom. The fourth-order valence-electron chi connectivity index (χ4n) is 4.14. The van der Waals surface area contributed by atoms with Crippen LogP contribution in [0.15, 0.2) is 46.9 Å². The van der Waals surface area contributed by atoms with Crippen molar-refractivity contribution in [1.29, 1.82) is 0 Å². The summed E-state index contributed by atoms with van der Waals surface area (Å²) in [7, 11) is 0. The van der Waals surface area contributed by atoms with Gasteiger partial charge in [0.25, 0.3) is 0 Å². The zero-order valence-electron chi connectivity index (χ0n) is 17.5. The normalized spacial score (nSPS) is 20.5. The third-order valence-electron chi connectivity index (χ3n) is 5.47. The van der Waals surface area contributed by atoms with Gasteiger partial charge in [-0.15, -0.1) is 0 Å². The van der Waals surface area contributed by atoms with Crippen LogP contribution in [0.2, 0.25) is 0 Å². The van der Waals surface area contributed by atoms with Crippen molar-refractivity contribution >= 4 is 33.6 Å². The highest BCUT2D eigenvalue weighted by atomic mass is 79.9. The number of carbonyl (C=O) groups is 2. The number of carbonyl (C=O) groups excluding carboxylic acids is 2. The number of amides is 2. The Bertz CT molecular complexity index is 982. The predicted molar refractivity (Wildman–Crippen MR) is 119 cm³/mol. The summed E-state index contributed by atoms with van der Waals surface area (Å²) in [6.07, 6.45) is 0.180. The van der Waals surface area contributed by atoms with Crippen LogP contribution in [-0.4, -0.2) is 30.9 Å². The van der Waals surface area contributed by atoms with Gasteiger partial charge in [-0.25, -0.2) is 4.79 Å². The highest BCUT2D eigenvalue weighted by Gasteiger charge is 2.43. The summed E-state index contributed by atoms with van der Waals surface area (Å²) < 4.78 is 17.8. The van der Waals surface area contributed by atoms with Crippen molar-refractivity contribution in [1.82, 2.24) is 5.32 Å². The van der Waals surface area contributed by atoms with E-state index in [1.54, 1.807) is 4.90 Å². The summed E-state index contributed by atoms with van der Waals surface area (Å²) >= 11 is 3.58. The van der Waals surface area contributed by atoms with E-state index in [1.165, 1.54) is 0 Å². The van der Waals surface area contributed by atoms with Gasteiger partial charge < -0.3 is 19.5 Å². The topological polar surface area (TPSA) is 77.1 Å². The number of piperidine rings is 1. The van der Waals surface area contributed by atoms with Gasteiger partial charge in [0.1, 0.15) is 11.4 Å². The molecular weight excluding hydrogens is 464 g/mol. The van der Waals surface area contributed by atoms with Crippen LogP contribution in [0, 0.1) is 0 Å². The van der Waals surface area contributed by atoms with E-state index < -0.39 is 18.4 Å². The average molecular weight is 489 g/mol. The first-order chi connectivity index (χ1) is 15.0. The van der Waals surface area contributed by atoms with Gasteiger partial charge >= 0.3 is 6.09 Å². The van der Waals surface area contributed by atoms with Crippen molar-refractivity contribution in [2.45, 2.75) is 51.5 Å². The number of hydrogen-bond donors (Lipinski definition) is 1. The molecule has 31 heavy (non-hydrogen) atoms. The van der Waals surface area contributed by atoms with Crippen LogP contribution in [-0.2, 0) is 14.3 Å². The molecule has 0 spiro atoms. The summed E-state index contributed by atoms with van der Waals surface area (Å²) in [5, 5.41) is 2.97. The quantitative estimate of drug-likeness (QED) is 0.578. The van der Waals surface area contributed by atoms with Gasteiger partial charge in [0.2, 0.25) is 12.2 Å². The van der Waals surface area contributed by atoms with E-state index in [9.17, 15) is 9.59 Å². The molecule has 3 atom stereocenters. The van der Waals surface area contributed by atoms with Gasteiger partial charge in [-0.05, 0) is 47.5 Å². The molecule has 2 aliphatic rings. The lowest BCUT2D eigenvalue weighted by molar-refractivity contribution is -0.121. The summed E-state index contributed by atoms with van der Waals surface area (Å²) in [5.74, 6) is 1.22. The lowest BCUT2D eigenvalue weighted by Gasteiger charge is -2.41. The zero-order valence-corrected chi connectivity index (χ0v) is 19.1. The van der Waals surface area contributed by atoms with Gasteiger partial charge in [0, 0.05) is 29.5 Å². The van der Waals surface area contributed by atoms with Gasteiger partial charge in [-0.3, -0.25) is 9.69 Å². The molecule has 0 saturated carbocycles. The number of ether oxygens (including phenoxy) is 3. The van der Waals surface area contributed by atoms with Crippen molar-refractivity contribution in [3.63, 3.8) is 0 Å². The van der Waals surface area contributed by atoms with Crippen LogP contribution in [0.1, 0.15) is 44.7 Å². The van der Waals surface area contributed by atoms with E-state index in [-0.39, 0.29) is 11.9 Å². The molecule has 2 aliphatic heterocycles. The maximum Gasteiger partial charge on any atom is 0.409 e. The Labute approximate surface area is 189 Å². The maximum absolute atomic E-state index is 13.1. The largest absolute Gasteiger partial charge is 0.455 e. The van der Waals surface area contributed by atoms with Gasteiger partial charge in [0.15, 0.2) is 5.75 Å². The Balaban J connectivity index is 1.72. The summed E-state index contributed by atoms with van der Waals surface area (Å²) in [4.78, 5) is 27.5. The van der Waals surface area contributed by atoms with E-state index in [1.807, 2.05) is 56.3 Å². The number of alkyl carbamates (subject to hydrolysis) is 1. The van der Waals surface area contributed by atoms with E-state index >= 15 is 0 Å². The van der Waals surface area contributed by atoms with Crippen LogP contribution in [0.5, 0.6) is 11.5 Å². The predicted octanol–water partition coefficient (Wildman–Crippen LogP) is 5.29. The highest BCUT2D eigenvalue weighted by molar-refractivity contribution is 9.10. The number of nitrogens with one attached hydrogen (secondary N) is 1. The van der Waals surface area contributed by atoms with Gasteiger partial charge in [-0.1, -0.05) is 31.2 Å². The van der Waals surface area contributed by atoms with Crippen LogP contribution in [0.25, 0.3) is 0 Å². The van der Waals surface area contributed by atoms with Crippen LogP contribution in [0.4, 0.5) is 10.5 Å².